The van der Waals surface area contributed by atoms with Crippen LogP contribution in [0.2, 0.25) is 0 Å². The summed E-state index contributed by atoms with van der Waals surface area (Å²) in [4.78, 5) is 18.6. The zero-order chi connectivity index (χ0) is 16.4. The average molecular weight is 320 g/mol. The predicted molar refractivity (Wildman–Crippen MR) is 93.9 cm³/mol. The highest BCUT2D eigenvalue weighted by Crippen LogP contribution is 2.60. The number of hydrogen-bond acceptors (Lipinski definition) is 4. The maximum atomic E-state index is 4.66. The first-order valence-electron chi connectivity index (χ1n) is 8.25. The van der Waals surface area contributed by atoms with E-state index in [1.807, 2.05) is 49.1 Å². The molecule has 0 aromatic carbocycles. The van der Waals surface area contributed by atoms with Crippen LogP contribution in [0.3, 0.4) is 0 Å². The molecule has 2 aliphatic carbocycles. The van der Waals surface area contributed by atoms with Gasteiger partial charge in [-0.2, -0.15) is 0 Å². The summed E-state index contributed by atoms with van der Waals surface area (Å²) in [6.45, 7) is 0. The Balaban J connectivity index is 1.89. The minimum atomic E-state index is -0.430. The lowest BCUT2D eigenvalue weighted by molar-refractivity contribution is 0.785. The third-order valence-corrected chi connectivity index (χ3v) is 5.30. The summed E-state index contributed by atoms with van der Waals surface area (Å²) in [7, 11) is 0. The van der Waals surface area contributed by atoms with Crippen LogP contribution < -0.4 is 0 Å². The Morgan fingerprint density at radius 1 is 0.440 bits per heavy atom. The Morgan fingerprint density at radius 3 is 1.00 bits per heavy atom. The van der Waals surface area contributed by atoms with E-state index in [2.05, 4.69) is 44.2 Å². The second-order valence-corrected chi connectivity index (χ2v) is 6.35. The van der Waals surface area contributed by atoms with Crippen LogP contribution in [0.5, 0.6) is 0 Å². The van der Waals surface area contributed by atoms with Crippen molar-refractivity contribution in [3.05, 3.63) is 95.6 Å². The molecule has 0 fully saturated rings. The second kappa shape index (κ2) is 4.36. The quantitative estimate of drug-likeness (QED) is 0.429. The Bertz CT molecular complexity index is 978. The Kier molecular flexibility index (Phi) is 2.26. The Labute approximate surface area is 144 Å². The van der Waals surface area contributed by atoms with Gasteiger partial charge < -0.3 is 0 Å². The van der Waals surface area contributed by atoms with Crippen molar-refractivity contribution in [3.8, 4) is 22.8 Å². The summed E-state index contributed by atoms with van der Waals surface area (Å²) in [5, 5.41) is 0. The van der Waals surface area contributed by atoms with Gasteiger partial charge in [0.2, 0.25) is 0 Å². The molecule has 0 amide bonds. The number of fused-ring (bicyclic) bond motifs is 10. The van der Waals surface area contributed by atoms with Crippen molar-refractivity contribution in [2.75, 3.05) is 0 Å². The molecule has 4 nitrogen and oxygen atoms in total. The van der Waals surface area contributed by atoms with Crippen LogP contribution in [-0.4, -0.2) is 19.9 Å². The number of hydrogen-bond donors (Lipinski definition) is 0. The third-order valence-electron chi connectivity index (χ3n) is 5.30. The first-order chi connectivity index (χ1) is 12.4. The zero-order valence-corrected chi connectivity index (χ0v) is 13.2. The fourth-order valence-corrected chi connectivity index (χ4v) is 4.46. The minimum Gasteiger partial charge on any atom is -0.254 e. The standard InChI is InChI=1S/C21H12N4/c1-5-13-17(22-9-1)18-14(6-2-10-23-18)21(13)15-7-3-11-24-19(15)20-16(21)8-4-12-25-20/h1-12H. The van der Waals surface area contributed by atoms with Crippen molar-refractivity contribution in [1.29, 1.82) is 0 Å². The third kappa shape index (κ3) is 1.35. The summed E-state index contributed by atoms with van der Waals surface area (Å²) >= 11 is 0. The summed E-state index contributed by atoms with van der Waals surface area (Å²) in [6.07, 6.45) is 7.33. The molecule has 4 aromatic rings. The molecular weight excluding hydrogens is 308 g/mol. The van der Waals surface area contributed by atoms with Crippen molar-refractivity contribution in [3.63, 3.8) is 0 Å². The molecule has 0 unspecified atom stereocenters. The van der Waals surface area contributed by atoms with Gasteiger partial charge in [-0.25, -0.2) is 0 Å². The summed E-state index contributed by atoms with van der Waals surface area (Å²) in [5.74, 6) is 0. The lowest BCUT2D eigenvalue weighted by atomic mass is 9.71. The van der Waals surface area contributed by atoms with Gasteiger partial charge in [0.15, 0.2) is 0 Å². The van der Waals surface area contributed by atoms with Crippen LogP contribution >= 0.6 is 0 Å². The fourth-order valence-electron chi connectivity index (χ4n) is 4.46. The predicted octanol–water partition coefficient (Wildman–Crippen LogP) is 3.61. The van der Waals surface area contributed by atoms with E-state index in [1.165, 1.54) is 0 Å². The number of nitrogens with zero attached hydrogens (tertiary/aromatic N) is 4. The number of rotatable bonds is 0. The van der Waals surface area contributed by atoms with E-state index < -0.39 is 5.41 Å². The molecule has 0 aliphatic heterocycles. The molecular formula is C21H12N4. The molecule has 1 spiro atoms. The largest absolute Gasteiger partial charge is 0.254 e. The van der Waals surface area contributed by atoms with Crippen molar-refractivity contribution >= 4 is 0 Å². The van der Waals surface area contributed by atoms with Crippen LogP contribution in [0, 0.1) is 0 Å². The topological polar surface area (TPSA) is 51.6 Å². The molecule has 2 aliphatic rings. The van der Waals surface area contributed by atoms with Gasteiger partial charge in [-0.15, -0.1) is 0 Å². The Morgan fingerprint density at radius 2 is 0.720 bits per heavy atom. The van der Waals surface area contributed by atoms with E-state index in [1.54, 1.807) is 0 Å². The normalized spacial score (nSPS) is 14.7. The molecule has 0 saturated heterocycles. The highest BCUT2D eigenvalue weighted by Gasteiger charge is 2.53. The lowest BCUT2D eigenvalue weighted by Gasteiger charge is -2.28. The van der Waals surface area contributed by atoms with Gasteiger partial charge in [-0.3, -0.25) is 19.9 Å². The van der Waals surface area contributed by atoms with Crippen LogP contribution in [0.1, 0.15) is 22.3 Å². The highest BCUT2D eigenvalue weighted by molar-refractivity contribution is 5.90. The summed E-state index contributed by atoms with van der Waals surface area (Å²) < 4.78 is 0. The second-order valence-electron chi connectivity index (χ2n) is 6.35. The van der Waals surface area contributed by atoms with Crippen LogP contribution in [-0.2, 0) is 5.41 Å². The fraction of sp³-hybridized carbons (Fsp3) is 0.0476. The van der Waals surface area contributed by atoms with Gasteiger partial charge in [0, 0.05) is 24.8 Å². The van der Waals surface area contributed by atoms with Crippen molar-refractivity contribution < 1.29 is 0 Å². The van der Waals surface area contributed by atoms with Gasteiger partial charge in [-0.05, 0) is 46.5 Å². The maximum absolute atomic E-state index is 4.66. The molecule has 0 bridgehead atoms. The van der Waals surface area contributed by atoms with E-state index in [4.69, 9.17) is 0 Å². The van der Waals surface area contributed by atoms with E-state index in [9.17, 15) is 0 Å². The maximum Gasteiger partial charge on any atom is 0.0937 e. The van der Waals surface area contributed by atoms with Crippen molar-refractivity contribution in [2.45, 2.75) is 5.41 Å². The highest BCUT2D eigenvalue weighted by atomic mass is 14.8. The minimum absolute atomic E-state index is 0.430. The van der Waals surface area contributed by atoms with E-state index in [0.29, 0.717) is 0 Å². The average Bonchev–Trinajstić information content (AvgIpc) is 3.16. The smallest absolute Gasteiger partial charge is 0.0937 e. The Hall–Kier alpha value is -3.40. The van der Waals surface area contributed by atoms with Crippen molar-refractivity contribution in [1.82, 2.24) is 19.9 Å². The molecule has 25 heavy (non-hydrogen) atoms. The van der Waals surface area contributed by atoms with Gasteiger partial charge in [0.25, 0.3) is 0 Å². The lowest BCUT2D eigenvalue weighted by Crippen LogP contribution is -2.26. The molecule has 0 atom stereocenters. The van der Waals surface area contributed by atoms with Gasteiger partial charge in [-0.1, -0.05) is 24.3 Å². The van der Waals surface area contributed by atoms with E-state index >= 15 is 0 Å². The number of aromatic nitrogens is 4. The van der Waals surface area contributed by atoms with Crippen molar-refractivity contribution in [2.24, 2.45) is 0 Å². The van der Waals surface area contributed by atoms with E-state index in [-0.39, 0.29) is 0 Å². The monoisotopic (exact) mass is 320 g/mol. The van der Waals surface area contributed by atoms with Crippen LogP contribution in [0.25, 0.3) is 22.8 Å². The number of pyridine rings is 4. The zero-order valence-electron chi connectivity index (χ0n) is 13.2. The van der Waals surface area contributed by atoms with E-state index in [0.717, 1.165) is 45.0 Å². The molecule has 116 valence electrons. The molecule has 0 radical (unpaired) electrons. The molecule has 0 N–H and O–H groups in total. The molecule has 4 aromatic heterocycles. The van der Waals surface area contributed by atoms with Gasteiger partial charge in [0.1, 0.15) is 0 Å². The molecule has 4 heteroatoms. The molecule has 6 rings (SSSR count). The molecule has 0 saturated carbocycles. The SMILES string of the molecule is c1cnc2c(c1)C1(c3cccnc3-2)c2cccnc2-c2ncccc21. The first-order valence-corrected chi connectivity index (χ1v) is 8.25. The van der Waals surface area contributed by atoms with Crippen LogP contribution in [0.4, 0.5) is 0 Å². The molecule has 4 heterocycles. The first kappa shape index (κ1) is 13.0. The van der Waals surface area contributed by atoms with Gasteiger partial charge in [0.05, 0.1) is 28.2 Å². The van der Waals surface area contributed by atoms with Gasteiger partial charge >= 0.3 is 0 Å². The summed E-state index contributed by atoms with van der Waals surface area (Å²) in [6, 6.07) is 16.6. The summed E-state index contributed by atoms with van der Waals surface area (Å²) in [5.41, 5.74) is 7.99. The van der Waals surface area contributed by atoms with Crippen LogP contribution in [0.15, 0.2) is 73.3 Å².